The number of amidine groups is 1. The molecular formula is C27H27ClN4O5S. The Balaban J connectivity index is 0.00000400. The lowest BCUT2D eigenvalue weighted by Crippen LogP contribution is -2.35. The van der Waals surface area contributed by atoms with Gasteiger partial charge in [0.25, 0.3) is 10.0 Å². The van der Waals surface area contributed by atoms with Gasteiger partial charge >= 0.3 is 5.97 Å². The number of nitrogens with two attached hydrogens (primary N) is 1. The van der Waals surface area contributed by atoms with E-state index in [1.165, 1.54) is 18.2 Å². The molecule has 1 aromatic heterocycles. The SMILES string of the molecule is Cl.Cn1cc(C(=O)CCc2ccc(C(=N)N)cc2)c2cc(N(CC(=O)O)S(=O)(=O)c3ccccc3)ccc21. The van der Waals surface area contributed by atoms with Crippen molar-refractivity contribution < 1.29 is 23.1 Å². The lowest BCUT2D eigenvalue weighted by atomic mass is 10.0. The van der Waals surface area contributed by atoms with E-state index in [1.54, 1.807) is 60.3 Å². The number of Topliss-reactive ketones (excluding diaryl/α,β-unsaturated/α-hetero) is 1. The summed E-state index contributed by atoms with van der Waals surface area (Å²) < 4.78 is 29.3. The summed E-state index contributed by atoms with van der Waals surface area (Å²) in [6.07, 6.45) is 2.38. The van der Waals surface area contributed by atoms with Gasteiger partial charge < -0.3 is 15.4 Å². The summed E-state index contributed by atoms with van der Waals surface area (Å²) >= 11 is 0. The van der Waals surface area contributed by atoms with Gasteiger partial charge in [-0.1, -0.05) is 42.5 Å². The molecule has 0 aliphatic carbocycles. The van der Waals surface area contributed by atoms with Gasteiger partial charge in [0.1, 0.15) is 12.4 Å². The van der Waals surface area contributed by atoms with Crippen LogP contribution < -0.4 is 10.0 Å². The first-order valence-electron chi connectivity index (χ1n) is 11.4. The number of carbonyl (C=O) groups is 2. The monoisotopic (exact) mass is 554 g/mol. The Morgan fingerprint density at radius 1 is 1.03 bits per heavy atom. The van der Waals surface area contributed by atoms with Crippen LogP contribution in [0.25, 0.3) is 10.9 Å². The minimum Gasteiger partial charge on any atom is -0.480 e. The largest absolute Gasteiger partial charge is 0.480 e. The number of nitrogen functional groups attached to an aromatic ring is 1. The lowest BCUT2D eigenvalue weighted by Gasteiger charge is -2.23. The van der Waals surface area contributed by atoms with Crippen molar-refractivity contribution in [1.82, 2.24) is 4.57 Å². The van der Waals surface area contributed by atoms with Gasteiger partial charge in [-0.3, -0.25) is 19.3 Å². The predicted octanol–water partition coefficient (Wildman–Crippen LogP) is 3.98. The molecule has 4 N–H and O–H groups in total. The number of aliphatic carboxylic acids is 1. The average molecular weight is 555 g/mol. The second-order valence-corrected chi connectivity index (χ2v) is 10.5. The third-order valence-corrected chi connectivity index (χ3v) is 7.87. The molecule has 0 unspecified atom stereocenters. The normalized spacial score (nSPS) is 11.1. The number of carbonyl (C=O) groups excluding carboxylic acids is 1. The Morgan fingerprint density at radius 2 is 1.68 bits per heavy atom. The maximum atomic E-state index is 13.3. The molecule has 0 atom stereocenters. The zero-order chi connectivity index (χ0) is 26.7. The van der Waals surface area contributed by atoms with Gasteiger partial charge in [0.15, 0.2) is 5.78 Å². The molecule has 4 aromatic rings. The fourth-order valence-corrected chi connectivity index (χ4v) is 5.59. The first-order valence-corrected chi connectivity index (χ1v) is 12.9. The molecule has 4 rings (SSSR count). The van der Waals surface area contributed by atoms with E-state index in [2.05, 4.69) is 0 Å². The summed E-state index contributed by atoms with van der Waals surface area (Å²) in [5.74, 6) is -1.46. The van der Waals surface area contributed by atoms with E-state index in [4.69, 9.17) is 11.1 Å². The van der Waals surface area contributed by atoms with Gasteiger partial charge in [-0.25, -0.2) is 8.42 Å². The van der Waals surface area contributed by atoms with Crippen LogP contribution >= 0.6 is 12.4 Å². The van der Waals surface area contributed by atoms with Crippen LogP contribution in [0.2, 0.25) is 0 Å². The molecular weight excluding hydrogens is 528 g/mol. The van der Waals surface area contributed by atoms with E-state index in [0.717, 1.165) is 9.87 Å². The van der Waals surface area contributed by atoms with Crippen LogP contribution in [0.15, 0.2) is 83.9 Å². The fourth-order valence-electron chi connectivity index (χ4n) is 4.16. The van der Waals surface area contributed by atoms with Crippen molar-refractivity contribution in [2.24, 2.45) is 12.8 Å². The molecule has 1 heterocycles. The number of sulfonamides is 1. The van der Waals surface area contributed by atoms with Crippen LogP contribution in [0, 0.1) is 5.41 Å². The highest BCUT2D eigenvalue weighted by Gasteiger charge is 2.28. The molecule has 0 radical (unpaired) electrons. The molecule has 0 bridgehead atoms. The third kappa shape index (κ3) is 5.87. The topological polar surface area (TPSA) is 147 Å². The summed E-state index contributed by atoms with van der Waals surface area (Å²) in [5, 5.41) is 17.5. The zero-order valence-corrected chi connectivity index (χ0v) is 22.1. The zero-order valence-electron chi connectivity index (χ0n) is 20.5. The first kappa shape index (κ1) is 28.4. The summed E-state index contributed by atoms with van der Waals surface area (Å²) in [7, 11) is -2.38. The van der Waals surface area contributed by atoms with Crippen molar-refractivity contribution >= 4 is 56.6 Å². The van der Waals surface area contributed by atoms with Crippen molar-refractivity contribution in [3.63, 3.8) is 0 Å². The van der Waals surface area contributed by atoms with Crippen LogP contribution in [-0.4, -0.2) is 42.2 Å². The Bertz CT molecular complexity index is 1600. The standard InChI is InChI=1S/C27H26N4O5S.ClH/c1-30-16-23(25(32)14-9-18-7-10-19(11-8-18)27(28)29)22-15-20(12-13-24(22)30)31(17-26(33)34)37(35,36)21-5-3-2-4-6-21;/h2-8,10-13,15-16H,9,14,17H2,1H3,(H3,28,29)(H,33,34);1H. The maximum absolute atomic E-state index is 13.3. The van der Waals surface area contributed by atoms with Gasteiger partial charge in [0.05, 0.1) is 10.6 Å². The van der Waals surface area contributed by atoms with Gasteiger partial charge in [-0.15, -0.1) is 12.4 Å². The summed E-state index contributed by atoms with van der Waals surface area (Å²) in [5.41, 5.74) is 8.30. The highest BCUT2D eigenvalue weighted by molar-refractivity contribution is 7.92. The molecule has 0 aliphatic heterocycles. The number of rotatable bonds is 10. The molecule has 0 amide bonds. The third-order valence-electron chi connectivity index (χ3n) is 6.08. The van der Waals surface area contributed by atoms with Gasteiger partial charge in [0, 0.05) is 41.7 Å². The number of hydrogen-bond donors (Lipinski definition) is 3. The lowest BCUT2D eigenvalue weighted by molar-refractivity contribution is -0.135. The molecule has 3 aromatic carbocycles. The molecule has 0 aliphatic rings. The van der Waals surface area contributed by atoms with Crippen LogP contribution in [0.3, 0.4) is 0 Å². The Labute approximate surface area is 226 Å². The number of ketones is 1. The number of carboxylic acid groups (broad SMARTS) is 1. The molecule has 38 heavy (non-hydrogen) atoms. The van der Waals surface area contributed by atoms with Crippen molar-refractivity contribution in [2.75, 3.05) is 10.8 Å². The Kier molecular flexibility index (Phi) is 8.60. The van der Waals surface area contributed by atoms with Crippen molar-refractivity contribution in [1.29, 1.82) is 5.41 Å². The number of aryl methyl sites for hydroxylation is 2. The number of hydrogen-bond acceptors (Lipinski definition) is 5. The fraction of sp³-hybridized carbons (Fsp3) is 0.148. The van der Waals surface area contributed by atoms with E-state index < -0.39 is 22.5 Å². The maximum Gasteiger partial charge on any atom is 0.324 e. The molecule has 9 nitrogen and oxygen atoms in total. The predicted molar refractivity (Wildman–Crippen MR) is 149 cm³/mol. The van der Waals surface area contributed by atoms with Crippen LogP contribution in [0.4, 0.5) is 5.69 Å². The summed E-state index contributed by atoms with van der Waals surface area (Å²) in [4.78, 5) is 24.8. The number of fused-ring (bicyclic) bond motifs is 1. The van der Waals surface area contributed by atoms with E-state index in [1.807, 2.05) is 12.1 Å². The van der Waals surface area contributed by atoms with Gasteiger partial charge in [-0.05, 0) is 42.3 Å². The number of benzene rings is 3. The van der Waals surface area contributed by atoms with Gasteiger partial charge in [0.2, 0.25) is 0 Å². The van der Waals surface area contributed by atoms with Crippen molar-refractivity contribution in [3.8, 4) is 0 Å². The van der Waals surface area contributed by atoms with Crippen LogP contribution in [0.1, 0.15) is 27.9 Å². The Hall–Kier alpha value is -4.15. The van der Waals surface area contributed by atoms with E-state index in [0.29, 0.717) is 28.5 Å². The van der Waals surface area contributed by atoms with Crippen LogP contribution in [0.5, 0.6) is 0 Å². The first-order chi connectivity index (χ1) is 17.6. The number of nitrogens with one attached hydrogen (secondary N) is 1. The second kappa shape index (κ2) is 11.5. The Morgan fingerprint density at radius 3 is 2.29 bits per heavy atom. The molecule has 0 spiro atoms. The smallest absolute Gasteiger partial charge is 0.324 e. The highest BCUT2D eigenvalue weighted by atomic mass is 35.5. The van der Waals surface area contributed by atoms with E-state index in [9.17, 15) is 23.1 Å². The molecule has 11 heteroatoms. The number of anilines is 1. The number of nitrogens with zero attached hydrogens (tertiary/aromatic N) is 2. The molecule has 0 fully saturated rings. The minimum absolute atomic E-state index is 0. The molecule has 0 saturated heterocycles. The molecule has 198 valence electrons. The second-order valence-electron chi connectivity index (χ2n) is 8.61. The number of carboxylic acids is 1. The minimum atomic E-state index is -4.16. The van der Waals surface area contributed by atoms with Crippen molar-refractivity contribution in [2.45, 2.75) is 17.7 Å². The number of halogens is 1. The number of aromatic nitrogens is 1. The average Bonchev–Trinajstić information content (AvgIpc) is 3.22. The summed E-state index contributed by atoms with van der Waals surface area (Å²) in [6.45, 7) is -0.769. The highest BCUT2D eigenvalue weighted by Crippen LogP contribution is 2.30. The van der Waals surface area contributed by atoms with E-state index >= 15 is 0 Å². The van der Waals surface area contributed by atoms with E-state index in [-0.39, 0.29) is 41.0 Å². The quantitative estimate of drug-likeness (QED) is 0.153. The van der Waals surface area contributed by atoms with Crippen molar-refractivity contribution in [3.05, 3.63) is 95.7 Å². The van der Waals surface area contributed by atoms with Crippen LogP contribution in [-0.2, 0) is 28.3 Å². The summed E-state index contributed by atoms with van der Waals surface area (Å²) in [6, 6.07) is 19.5. The van der Waals surface area contributed by atoms with Gasteiger partial charge in [-0.2, -0.15) is 0 Å². The molecule has 0 saturated carbocycles.